The maximum absolute atomic E-state index is 12.5. The first kappa shape index (κ1) is 14.2. The minimum atomic E-state index is -0.0713. The number of carbonyl (C=O) groups is 1. The third-order valence-electron chi connectivity index (χ3n) is 3.59. The molecule has 0 unspecified atom stereocenters. The van der Waals surface area contributed by atoms with Crippen molar-refractivity contribution >= 4 is 17.2 Å². The molecule has 7 heteroatoms. The summed E-state index contributed by atoms with van der Waals surface area (Å²) in [6, 6.07) is 1.85. The van der Waals surface area contributed by atoms with E-state index >= 15 is 0 Å². The van der Waals surface area contributed by atoms with Crippen LogP contribution in [0.2, 0.25) is 0 Å². The number of carbonyl (C=O) groups excluding carboxylic acids is 1. The Labute approximate surface area is 127 Å². The molecule has 1 N–H and O–H groups in total. The molecule has 3 heterocycles. The van der Waals surface area contributed by atoms with Crippen molar-refractivity contribution < 1.29 is 9.90 Å². The van der Waals surface area contributed by atoms with Crippen molar-refractivity contribution in [2.45, 2.75) is 39.5 Å². The fraction of sp³-hybridized carbons (Fsp3) is 0.500. The van der Waals surface area contributed by atoms with E-state index in [-0.39, 0.29) is 12.5 Å². The molecule has 2 aromatic heterocycles. The van der Waals surface area contributed by atoms with Gasteiger partial charge in [-0.15, -0.1) is 11.3 Å². The highest BCUT2D eigenvalue weighted by atomic mass is 32.1. The first-order valence-corrected chi connectivity index (χ1v) is 7.87. The number of nitrogens with zero attached hydrogens (tertiary/aromatic N) is 4. The summed E-state index contributed by atoms with van der Waals surface area (Å²) in [5.41, 5.74) is 2.57. The van der Waals surface area contributed by atoms with Gasteiger partial charge >= 0.3 is 0 Å². The fourth-order valence-corrected chi connectivity index (χ4v) is 3.31. The topological polar surface area (TPSA) is 71.2 Å². The lowest BCUT2D eigenvalue weighted by molar-refractivity contribution is 0.0705. The lowest BCUT2D eigenvalue weighted by Crippen LogP contribution is -2.38. The minimum Gasteiger partial charge on any atom is -0.390 e. The fourth-order valence-electron chi connectivity index (χ4n) is 2.36. The predicted octanol–water partition coefficient (Wildman–Crippen LogP) is 1.61. The number of aliphatic hydroxyl groups is 1. The van der Waals surface area contributed by atoms with Crippen molar-refractivity contribution in [3.05, 3.63) is 33.5 Å². The van der Waals surface area contributed by atoms with Crippen LogP contribution in [-0.2, 0) is 19.7 Å². The van der Waals surface area contributed by atoms with E-state index in [2.05, 4.69) is 23.9 Å². The molecule has 112 valence electrons. The number of aliphatic hydroxyl groups excluding tert-OH is 1. The van der Waals surface area contributed by atoms with Crippen LogP contribution in [0.15, 0.2) is 11.4 Å². The quantitative estimate of drug-likeness (QED) is 0.935. The van der Waals surface area contributed by atoms with Crippen molar-refractivity contribution in [3.63, 3.8) is 0 Å². The van der Waals surface area contributed by atoms with Crippen LogP contribution in [0.1, 0.15) is 46.6 Å². The second-order valence-corrected chi connectivity index (χ2v) is 6.33. The smallest absolute Gasteiger partial charge is 0.283 e. The second-order valence-electron chi connectivity index (χ2n) is 5.47. The molecule has 21 heavy (non-hydrogen) atoms. The zero-order valence-corrected chi connectivity index (χ0v) is 12.9. The van der Waals surface area contributed by atoms with E-state index in [0.717, 1.165) is 11.4 Å². The summed E-state index contributed by atoms with van der Waals surface area (Å²) in [7, 11) is 0. The molecule has 0 radical (unpaired) electrons. The van der Waals surface area contributed by atoms with Crippen molar-refractivity contribution in [3.8, 4) is 0 Å². The highest BCUT2D eigenvalue weighted by molar-refractivity contribution is 7.11. The second kappa shape index (κ2) is 5.57. The maximum Gasteiger partial charge on any atom is 0.283 e. The van der Waals surface area contributed by atoms with Crippen LogP contribution in [0.3, 0.4) is 0 Å². The monoisotopic (exact) mass is 306 g/mol. The van der Waals surface area contributed by atoms with Crippen molar-refractivity contribution in [2.24, 2.45) is 0 Å². The standard InChI is InChI=1S/C14H18N4O2S/c1-9(2)12-8-21-13(15-12)14(20)17-3-4-18-11(6-17)5-10(7-19)16-18/h5,8-9,19H,3-4,6-7H2,1-2H3. The SMILES string of the molecule is CC(C)c1csc(C(=O)N2CCn3nc(CO)cc3C2)n1. The summed E-state index contributed by atoms with van der Waals surface area (Å²) in [6.45, 7) is 5.86. The molecule has 0 spiro atoms. The van der Waals surface area contributed by atoms with E-state index in [1.807, 2.05) is 16.1 Å². The first-order valence-electron chi connectivity index (χ1n) is 6.99. The molecule has 6 nitrogen and oxygen atoms in total. The molecule has 2 aromatic rings. The van der Waals surface area contributed by atoms with E-state index in [4.69, 9.17) is 5.11 Å². The van der Waals surface area contributed by atoms with E-state index in [9.17, 15) is 4.79 Å². The molecule has 1 aliphatic heterocycles. The van der Waals surface area contributed by atoms with Crippen molar-refractivity contribution in [2.75, 3.05) is 6.54 Å². The van der Waals surface area contributed by atoms with Crippen molar-refractivity contribution in [1.82, 2.24) is 19.7 Å². The number of amides is 1. The Morgan fingerprint density at radius 2 is 2.29 bits per heavy atom. The molecule has 1 aliphatic rings. The van der Waals surface area contributed by atoms with Crippen LogP contribution >= 0.6 is 11.3 Å². The zero-order valence-electron chi connectivity index (χ0n) is 12.1. The lowest BCUT2D eigenvalue weighted by atomic mass is 10.2. The van der Waals surface area contributed by atoms with Crippen LogP contribution in [0.25, 0.3) is 0 Å². The zero-order chi connectivity index (χ0) is 15.0. The van der Waals surface area contributed by atoms with Crippen molar-refractivity contribution in [1.29, 1.82) is 0 Å². The van der Waals surface area contributed by atoms with E-state index in [1.54, 1.807) is 4.90 Å². The van der Waals surface area contributed by atoms with Gasteiger partial charge in [-0.1, -0.05) is 13.8 Å². The summed E-state index contributed by atoms with van der Waals surface area (Å²) in [5, 5.41) is 15.9. The van der Waals surface area contributed by atoms with E-state index < -0.39 is 0 Å². The molecular formula is C14H18N4O2S. The number of thiazole rings is 1. The van der Waals surface area contributed by atoms with Gasteiger partial charge < -0.3 is 10.0 Å². The molecule has 0 aliphatic carbocycles. The Bertz CT molecular complexity index is 662. The van der Waals surface area contributed by atoms with Gasteiger partial charge in [-0.3, -0.25) is 9.48 Å². The number of rotatable bonds is 3. The van der Waals surface area contributed by atoms with Crippen LogP contribution in [-0.4, -0.2) is 37.2 Å². The molecule has 1 amide bonds. The summed E-state index contributed by atoms with van der Waals surface area (Å²) < 4.78 is 1.86. The number of aromatic nitrogens is 3. The Kier molecular flexibility index (Phi) is 3.77. The molecule has 0 aromatic carbocycles. The molecule has 0 saturated carbocycles. The molecular weight excluding hydrogens is 288 g/mol. The summed E-state index contributed by atoms with van der Waals surface area (Å²) in [5.74, 6) is 0.308. The van der Waals surface area contributed by atoms with Gasteiger partial charge in [0.15, 0.2) is 5.01 Å². The first-order chi connectivity index (χ1) is 10.1. The maximum atomic E-state index is 12.5. The number of hydrogen-bond donors (Lipinski definition) is 1. The third-order valence-corrected chi connectivity index (χ3v) is 4.44. The van der Waals surface area contributed by atoms with Gasteiger partial charge in [0, 0.05) is 11.9 Å². The number of fused-ring (bicyclic) bond motifs is 1. The molecule has 0 atom stereocenters. The van der Waals surface area contributed by atoms with Gasteiger partial charge in [0.25, 0.3) is 5.91 Å². The highest BCUT2D eigenvalue weighted by Crippen LogP contribution is 2.21. The van der Waals surface area contributed by atoms with E-state index in [1.165, 1.54) is 11.3 Å². The Morgan fingerprint density at radius 1 is 1.48 bits per heavy atom. The third kappa shape index (κ3) is 2.71. The molecule has 0 bridgehead atoms. The number of hydrogen-bond acceptors (Lipinski definition) is 5. The van der Waals surface area contributed by atoms with Gasteiger partial charge in [-0.2, -0.15) is 5.10 Å². The molecule has 0 saturated heterocycles. The summed E-state index contributed by atoms with van der Waals surface area (Å²) in [4.78, 5) is 18.7. The average molecular weight is 306 g/mol. The van der Waals surface area contributed by atoms with Gasteiger partial charge in [0.1, 0.15) is 0 Å². The van der Waals surface area contributed by atoms with Gasteiger partial charge in [0.2, 0.25) is 0 Å². The Hall–Kier alpha value is -1.73. The van der Waals surface area contributed by atoms with E-state index in [0.29, 0.717) is 36.3 Å². The highest BCUT2D eigenvalue weighted by Gasteiger charge is 2.25. The van der Waals surface area contributed by atoms with Crippen LogP contribution in [0.4, 0.5) is 0 Å². The van der Waals surface area contributed by atoms with Gasteiger partial charge in [0.05, 0.1) is 36.8 Å². The summed E-state index contributed by atoms with van der Waals surface area (Å²) >= 11 is 1.41. The van der Waals surface area contributed by atoms with Crippen LogP contribution in [0, 0.1) is 0 Å². The normalized spacial score (nSPS) is 14.6. The summed E-state index contributed by atoms with van der Waals surface area (Å²) in [6.07, 6.45) is 0. The van der Waals surface area contributed by atoms with Crippen LogP contribution < -0.4 is 0 Å². The average Bonchev–Trinajstić information content (AvgIpc) is 3.12. The Balaban J connectivity index is 1.76. The molecule has 0 fully saturated rings. The van der Waals surface area contributed by atoms with Gasteiger partial charge in [-0.25, -0.2) is 4.98 Å². The largest absolute Gasteiger partial charge is 0.390 e. The van der Waals surface area contributed by atoms with Crippen LogP contribution in [0.5, 0.6) is 0 Å². The minimum absolute atomic E-state index is 0.0232. The Morgan fingerprint density at radius 3 is 2.95 bits per heavy atom. The predicted molar refractivity (Wildman–Crippen MR) is 79.1 cm³/mol. The lowest BCUT2D eigenvalue weighted by Gasteiger charge is -2.26. The van der Waals surface area contributed by atoms with Gasteiger partial charge in [-0.05, 0) is 12.0 Å². The molecule has 3 rings (SSSR count).